The summed E-state index contributed by atoms with van der Waals surface area (Å²) >= 11 is 4.20. The van der Waals surface area contributed by atoms with Crippen LogP contribution in [-0.4, -0.2) is 5.78 Å². The Labute approximate surface area is 84.6 Å². The van der Waals surface area contributed by atoms with Crippen molar-refractivity contribution in [1.82, 2.24) is 0 Å². The van der Waals surface area contributed by atoms with Crippen LogP contribution in [0.3, 0.4) is 0 Å². The topological polar surface area (TPSA) is 17.1 Å². The first-order chi connectivity index (χ1) is 6.09. The van der Waals surface area contributed by atoms with Crippen LogP contribution in [0, 0.1) is 5.92 Å². The molecule has 0 heterocycles. The molecule has 0 radical (unpaired) electrons. The second kappa shape index (κ2) is 4.47. The quantitative estimate of drug-likeness (QED) is 0.732. The van der Waals surface area contributed by atoms with Crippen LogP contribution in [-0.2, 0) is 11.2 Å². The second-order valence-electron chi connectivity index (χ2n) is 3.38. The molecule has 13 heavy (non-hydrogen) atoms. The van der Waals surface area contributed by atoms with E-state index in [9.17, 15) is 4.79 Å². The maximum atomic E-state index is 11.0. The summed E-state index contributed by atoms with van der Waals surface area (Å²) in [6, 6.07) is 7.93. The van der Waals surface area contributed by atoms with Crippen molar-refractivity contribution in [2.75, 3.05) is 0 Å². The van der Waals surface area contributed by atoms with Gasteiger partial charge in [0.05, 0.1) is 0 Å². The number of ketones is 1. The number of hydrogen-bond acceptors (Lipinski definition) is 2. The molecule has 2 heteroatoms. The van der Waals surface area contributed by atoms with Gasteiger partial charge in [-0.05, 0) is 31.0 Å². The lowest BCUT2D eigenvalue weighted by Crippen LogP contribution is -2.09. The molecule has 0 saturated heterocycles. The van der Waals surface area contributed by atoms with Gasteiger partial charge in [-0.1, -0.05) is 19.1 Å². The molecule has 0 N–H and O–H groups in total. The molecule has 1 aromatic rings. The van der Waals surface area contributed by atoms with E-state index in [2.05, 4.69) is 12.6 Å². The fourth-order valence-electron chi connectivity index (χ4n) is 1.13. The predicted octanol–water partition coefficient (Wildman–Crippen LogP) is 2.74. The molecule has 1 rings (SSSR count). The number of carbonyl (C=O) groups excluding carboxylic acids is 1. The van der Waals surface area contributed by atoms with Crippen LogP contribution in [0.5, 0.6) is 0 Å². The molecular weight excluding hydrogens is 180 g/mol. The molecule has 0 aliphatic rings. The van der Waals surface area contributed by atoms with E-state index in [1.165, 1.54) is 5.56 Å². The molecule has 0 aliphatic carbocycles. The average molecular weight is 194 g/mol. The van der Waals surface area contributed by atoms with Crippen molar-refractivity contribution in [3.8, 4) is 0 Å². The van der Waals surface area contributed by atoms with Gasteiger partial charge in [0.1, 0.15) is 5.78 Å². The molecule has 70 valence electrons. The van der Waals surface area contributed by atoms with E-state index in [0.29, 0.717) is 0 Å². The SMILES string of the molecule is CC(=O)[C@@H](C)Cc1ccc(S)cc1. The lowest BCUT2D eigenvalue weighted by molar-refractivity contribution is -0.120. The van der Waals surface area contributed by atoms with Crippen LogP contribution in [0.4, 0.5) is 0 Å². The van der Waals surface area contributed by atoms with E-state index in [-0.39, 0.29) is 11.7 Å². The monoisotopic (exact) mass is 194 g/mol. The maximum Gasteiger partial charge on any atom is 0.132 e. The lowest BCUT2D eigenvalue weighted by atomic mass is 9.98. The van der Waals surface area contributed by atoms with Crippen LogP contribution >= 0.6 is 12.6 Å². The van der Waals surface area contributed by atoms with Gasteiger partial charge in [-0.3, -0.25) is 4.79 Å². The van der Waals surface area contributed by atoms with Crippen molar-refractivity contribution in [2.45, 2.75) is 25.2 Å². The Morgan fingerprint density at radius 3 is 2.38 bits per heavy atom. The van der Waals surface area contributed by atoms with Gasteiger partial charge in [-0.25, -0.2) is 0 Å². The Balaban J connectivity index is 2.64. The Morgan fingerprint density at radius 1 is 1.38 bits per heavy atom. The number of hydrogen-bond donors (Lipinski definition) is 1. The highest BCUT2D eigenvalue weighted by atomic mass is 32.1. The summed E-state index contributed by atoms with van der Waals surface area (Å²) in [4.78, 5) is 12.0. The minimum absolute atomic E-state index is 0.116. The Kier molecular flexibility index (Phi) is 3.55. The van der Waals surface area contributed by atoms with Crippen molar-refractivity contribution in [2.24, 2.45) is 5.92 Å². The highest BCUT2D eigenvalue weighted by Crippen LogP contribution is 2.12. The van der Waals surface area contributed by atoms with Gasteiger partial charge in [0.25, 0.3) is 0 Å². The molecule has 0 aromatic heterocycles. The zero-order chi connectivity index (χ0) is 9.84. The number of benzene rings is 1. The molecule has 0 unspecified atom stereocenters. The van der Waals surface area contributed by atoms with Gasteiger partial charge in [-0.2, -0.15) is 0 Å². The van der Waals surface area contributed by atoms with Crippen molar-refractivity contribution in [3.05, 3.63) is 29.8 Å². The third-order valence-electron chi connectivity index (χ3n) is 2.17. The number of Topliss-reactive ketones (excluding diaryl/α,β-unsaturated/α-hetero) is 1. The normalized spacial score (nSPS) is 12.5. The highest BCUT2D eigenvalue weighted by molar-refractivity contribution is 7.80. The van der Waals surface area contributed by atoms with Gasteiger partial charge < -0.3 is 0 Å². The van der Waals surface area contributed by atoms with Gasteiger partial charge in [0, 0.05) is 10.8 Å². The summed E-state index contributed by atoms with van der Waals surface area (Å²) in [7, 11) is 0. The van der Waals surface area contributed by atoms with E-state index in [1.807, 2.05) is 31.2 Å². The van der Waals surface area contributed by atoms with Crippen molar-refractivity contribution in [3.63, 3.8) is 0 Å². The number of rotatable bonds is 3. The summed E-state index contributed by atoms with van der Waals surface area (Å²) in [6.07, 6.45) is 0.823. The first-order valence-electron chi connectivity index (χ1n) is 4.38. The third kappa shape index (κ3) is 3.23. The molecule has 0 saturated carbocycles. The zero-order valence-corrected chi connectivity index (χ0v) is 8.84. The second-order valence-corrected chi connectivity index (χ2v) is 3.90. The standard InChI is InChI=1S/C11H14OS/c1-8(9(2)12)7-10-3-5-11(13)6-4-10/h3-6,8,13H,7H2,1-2H3/t8-/m0/s1. The van der Waals surface area contributed by atoms with E-state index in [0.717, 1.165) is 11.3 Å². The van der Waals surface area contributed by atoms with Crippen LogP contribution in [0.2, 0.25) is 0 Å². The van der Waals surface area contributed by atoms with Crippen molar-refractivity contribution < 1.29 is 4.79 Å². The van der Waals surface area contributed by atoms with Crippen LogP contribution in [0.25, 0.3) is 0 Å². The molecule has 0 fully saturated rings. The smallest absolute Gasteiger partial charge is 0.132 e. The molecule has 0 bridgehead atoms. The predicted molar refractivity (Wildman–Crippen MR) is 57.2 cm³/mol. The molecular formula is C11H14OS. The molecule has 0 amide bonds. The average Bonchev–Trinajstić information content (AvgIpc) is 2.08. The summed E-state index contributed by atoms with van der Waals surface area (Å²) < 4.78 is 0. The van der Waals surface area contributed by atoms with E-state index < -0.39 is 0 Å². The lowest BCUT2D eigenvalue weighted by Gasteiger charge is -2.06. The minimum Gasteiger partial charge on any atom is -0.300 e. The zero-order valence-electron chi connectivity index (χ0n) is 7.95. The van der Waals surface area contributed by atoms with Crippen LogP contribution < -0.4 is 0 Å². The molecule has 0 aliphatic heterocycles. The van der Waals surface area contributed by atoms with E-state index in [1.54, 1.807) is 6.92 Å². The number of carbonyl (C=O) groups is 1. The fourth-order valence-corrected chi connectivity index (χ4v) is 1.28. The van der Waals surface area contributed by atoms with Crippen molar-refractivity contribution >= 4 is 18.4 Å². The molecule has 1 aromatic carbocycles. The fraction of sp³-hybridized carbons (Fsp3) is 0.364. The first kappa shape index (κ1) is 10.3. The van der Waals surface area contributed by atoms with E-state index >= 15 is 0 Å². The Hall–Kier alpha value is -0.760. The van der Waals surface area contributed by atoms with Gasteiger partial charge >= 0.3 is 0 Å². The van der Waals surface area contributed by atoms with Gasteiger partial charge in [0.2, 0.25) is 0 Å². The third-order valence-corrected chi connectivity index (χ3v) is 2.47. The summed E-state index contributed by atoms with van der Waals surface area (Å²) in [5, 5.41) is 0. The van der Waals surface area contributed by atoms with Crippen LogP contribution in [0.15, 0.2) is 29.2 Å². The molecule has 1 atom stereocenters. The summed E-state index contributed by atoms with van der Waals surface area (Å²) in [5.41, 5.74) is 1.19. The Morgan fingerprint density at radius 2 is 1.92 bits per heavy atom. The number of thiol groups is 1. The minimum atomic E-state index is 0.116. The first-order valence-corrected chi connectivity index (χ1v) is 4.82. The van der Waals surface area contributed by atoms with Crippen molar-refractivity contribution in [1.29, 1.82) is 0 Å². The highest BCUT2D eigenvalue weighted by Gasteiger charge is 2.07. The van der Waals surface area contributed by atoms with E-state index in [4.69, 9.17) is 0 Å². The maximum absolute atomic E-state index is 11.0. The van der Waals surface area contributed by atoms with Gasteiger partial charge in [-0.15, -0.1) is 12.6 Å². The molecule has 0 spiro atoms. The summed E-state index contributed by atoms with van der Waals surface area (Å²) in [6.45, 7) is 3.59. The van der Waals surface area contributed by atoms with Crippen LogP contribution in [0.1, 0.15) is 19.4 Å². The summed E-state index contributed by atoms with van der Waals surface area (Å²) in [5.74, 6) is 0.362. The van der Waals surface area contributed by atoms with Gasteiger partial charge in [0.15, 0.2) is 0 Å². The Bertz CT molecular complexity index is 289. The molecule has 1 nitrogen and oxygen atoms in total. The largest absolute Gasteiger partial charge is 0.300 e.